The molecule has 0 aliphatic heterocycles. The number of halogens is 3. The zero-order chi connectivity index (χ0) is 20.8. The van der Waals surface area contributed by atoms with Gasteiger partial charge in [-0.15, -0.1) is 0 Å². The van der Waals surface area contributed by atoms with Crippen molar-refractivity contribution in [2.45, 2.75) is 46.0 Å². The van der Waals surface area contributed by atoms with Crippen LogP contribution in [0.2, 0.25) is 5.02 Å². The van der Waals surface area contributed by atoms with Gasteiger partial charge in [0.2, 0.25) is 0 Å². The highest BCUT2D eigenvalue weighted by atomic mass is 35.5. The molecule has 0 amide bonds. The SMILES string of the molecule is CCCC(C)CCCc1ccc(-c2ccc(-c3ccc(Cl)cc3)c(F)c2)c(F)c1. The molecule has 0 N–H and O–H groups in total. The summed E-state index contributed by atoms with van der Waals surface area (Å²) >= 11 is 5.90. The minimum absolute atomic E-state index is 0.303. The fraction of sp³-hybridized carbons (Fsp3) is 0.308. The molecule has 0 aliphatic rings. The average molecular weight is 413 g/mol. The normalized spacial score (nSPS) is 12.2. The van der Waals surface area contributed by atoms with Gasteiger partial charge in [-0.3, -0.25) is 0 Å². The maximum Gasteiger partial charge on any atom is 0.131 e. The summed E-state index contributed by atoms with van der Waals surface area (Å²) in [4.78, 5) is 0. The summed E-state index contributed by atoms with van der Waals surface area (Å²) in [5.41, 5.74) is 3.18. The minimum Gasteiger partial charge on any atom is -0.206 e. The molecule has 3 aromatic carbocycles. The van der Waals surface area contributed by atoms with Crippen LogP contribution < -0.4 is 0 Å². The molecule has 0 radical (unpaired) electrons. The van der Waals surface area contributed by atoms with Crippen molar-refractivity contribution in [3.63, 3.8) is 0 Å². The Labute approximate surface area is 177 Å². The lowest BCUT2D eigenvalue weighted by atomic mass is 9.95. The van der Waals surface area contributed by atoms with E-state index in [4.69, 9.17) is 11.6 Å². The van der Waals surface area contributed by atoms with Crippen molar-refractivity contribution in [3.8, 4) is 22.3 Å². The molecule has 0 fully saturated rings. The van der Waals surface area contributed by atoms with Crippen LogP contribution in [0.3, 0.4) is 0 Å². The first-order valence-corrected chi connectivity index (χ1v) is 10.7. The van der Waals surface area contributed by atoms with Crippen LogP contribution in [0.1, 0.15) is 45.1 Å². The molecule has 1 atom stereocenters. The van der Waals surface area contributed by atoms with E-state index in [-0.39, 0.29) is 11.6 Å². The lowest BCUT2D eigenvalue weighted by Crippen LogP contribution is -1.96. The fourth-order valence-electron chi connectivity index (χ4n) is 3.79. The zero-order valence-electron chi connectivity index (χ0n) is 17.0. The molecule has 3 rings (SSSR count). The minimum atomic E-state index is -0.377. The number of rotatable bonds is 8. The smallest absolute Gasteiger partial charge is 0.131 e. The Morgan fingerprint density at radius 1 is 0.793 bits per heavy atom. The van der Waals surface area contributed by atoms with Crippen LogP contribution in [-0.2, 0) is 6.42 Å². The van der Waals surface area contributed by atoms with Gasteiger partial charge < -0.3 is 0 Å². The molecule has 3 heteroatoms. The van der Waals surface area contributed by atoms with Crippen LogP contribution in [0.15, 0.2) is 60.7 Å². The average Bonchev–Trinajstić information content (AvgIpc) is 2.69. The van der Waals surface area contributed by atoms with Crippen LogP contribution >= 0.6 is 11.6 Å². The lowest BCUT2D eigenvalue weighted by molar-refractivity contribution is 0.469. The summed E-state index contributed by atoms with van der Waals surface area (Å²) in [5.74, 6) is 0.0345. The van der Waals surface area contributed by atoms with Gasteiger partial charge >= 0.3 is 0 Å². The van der Waals surface area contributed by atoms with E-state index in [2.05, 4.69) is 13.8 Å². The maximum atomic E-state index is 14.7. The number of aryl methyl sites for hydroxylation is 1. The molecular weight excluding hydrogens is 386 g/mol. The third kappa shape index (κ3) is 5.67. The highest BCUT2D eigenvalue weighted by molar-refractivity contribution is 6.30. The summed E-state index contributed by atoms with van der Waals surface area (Å²) < 4.78 is 29.4. The Hall–Kier alpha value is -2.19. The predicted octanol–water partition coefficient (Wildman–Crippen LogP) is 8.71. The first-order valence-electron chi connectivity index (χ1n) is 10.3. The van der Waals surface area contributed by atoms with Gasteiger partial charge in [-0.2, -0.15) is 0 Å². The first-order chi connectivity index (χ1) is 14.0. The molecule has 29 heavy (non-hydrogen) atoms. The van der Waals surface area contributed by atoms with Crippen molar-refractivity contribution >= 4 is 11.6 Å². The Balaban J connectivity index is 1.73. The first kappa shape index (κ1) is 21.5. The number of benzene rings is 3. The molecule has 3 aromatic rings. The van der Waals surface area contributed by atoms with Gasteiger partial charge in [-0.1, -0.05) is 81.1 Å². The van der Waals surface area contributed by atoms with Crippen molar-refractivity contribution < 1.29 is 8.78 Å². The van der Waals surface area contributed by atoms with Crippen LogP contribution in [0.5, 0.6) is 0 Å². The molecule has 0 nitrogen and oxygen atoms in total. The van der Waals surface area contributed by atoms with E-state index in [0.29, 0.717) is 27.6 Å². The van der Waals surface area contributed by atoms with Crippen LogP contribution in [0.4, 0.5) is 8.78 Å². The highest BCUT2D eigenvalue weighted by Gasteiger charge is 2.11. The van der Waals surface area contributed by atoms with E-state index in [0.717, 1.165) is 30.4 Å². The molecule has 0 heterocycles. The van der Waals surface area contributed by atoms with Crippen molar-refractivity contribution in [3.05, 3.63) is 82.9 Å². The molecule has 152 valence electrons. The predicted molar refractivity (Wildman–Crippen MR) is 119 cm³/mol. The standard InChI is InChI=1S/C26H27ClF2/c1-3-5-18(2)6-4-7-19-8-14-24(25(28)16-19)21-11-15-23(26(29)17-21)20-9-12-22(27)13-10-20/h8-18H,3-7H2,1-2H3. The van der Waals surface area contributed by atoms with E-state index in [1.165, 1.54) is 18.9 Å². The van der Waals surface area contributed by atoms with Gasteiger partial charge in [0.1, 0.15) is 11.6 Å². The second kappa shape index (κ2) is 10.0. The Morgan fingerprint density at radius 3 is 2.07 bits per heavy atom. The molecule has 0 saturated heterocycles. The van der Waals surface area contributed by atoms with Crippen LogP contribution in [0, 0.1) is 17.6 Å². The van der Waals surface area contributed by atoms with E-state index in [1.54, 1.807) is 48.5 Å². The van der Waals surface area contributed by atoms with Crippen molar-refractivity contribution in [1.82, 2.24) is 0 Å². The molecule has 0 aliphatic carbocycles. The zero-order valence-corrected chi connectivity index (χ0v) is 17.8. The maximum absolute atomic E-state index is 14.7. The quantitative estimate of drug-likeness (QED) is 0.347. The summed E-state index contributed by atoms with van der Waals surface area (Å²) in [6.07, 6.45) is 5.54. The second-order valence-corrected chi connectivity index (χ2v) is 8.24. The van der Waals surface area contributed by atoms with E-state index in [9.17, 15) is 8.78 Å². The van der Waals surface area contributed by atoms with Crippen molar-refractivity contribution in [2.75, 3.05) is 0 Å². The largest absolute Gasteiger partial charge is 0.206 e. The Bertz CT molecular complexity index is 947. The molecule has 0 bridgehead atoms. The second-order valence-electron chi connectivity index (χ2n) is 7.80. The number of hydrogen-bond acceptors (Lipinski definition) is 0. The van der Waals surface area contributed by atoms with Crippen molar-refractivity contribution in [2.24, 2.45) is 5.92 Å². The molecule has 0 spiro atoms. The van der Waals surface area contributed by atoms with Crippen molar-refractivity contribution in [1.29, 1.82) is 0 Å². The lowest BCUT2D eigenvalue weighted by Gasteiger charge is -2.11. The van der Waals surface area contributed by atoms with Crippen LogP contribution in [-0.4, -0.2) is 0 Å². The van der Waals surface area contributed by atoms with Gasteiger partial charge in [0.15, 0.2) is 0 Å². The summed E-state index contributed by atoms with van der Waals surface area (Å²) in [7, 11) is 0. The molecule has 1 unspecified atom stereocenters. The molecule has 0 aromatic heterocycles. The Morgan fingerprint density at radius 2 is 1.41 bits per heavy atom. The van der Waals surface area contributed by atoms with Gasteiger partial charge in [0.25, 0.3) is 0 Å². The molecule has 0 saturated carbocycles. The van der Waals surface area contributed by atoms with Gasteiger partial charge in [-0.05, 0) is 59.7 Å². The van der Waals surface area contributed by atoms with E-state index < -0.39 is 0 Å². The number of hydrogen-bond donors (Lipinski definition) is 0. The Kier molecular flexibility index (Phi) is 7.44. The monoisotopic (exact) mass is 412 g/mol. The highest BCUT2D eigenvalue weighted by Crippen LogP contribution is 2.30. The van der Waals surface area contributed by atoms with Gasteiger partial charge in [0, 0.05) is 16.1 Å². The van der Waals surface area contributed by atoms with Gasteiger partial charge in [0.05, 0.1) is 0 Å². The van der Waals surface area contributed by atoms with Crippen LogP contribution in [0.25, 0.3) is 22.3 Å². The van der Waals surface area contributed by atoms with Gasteiger partial charge in [-0.25, -0.2) is 8.78 Å². The third-order valence-electron chi connectivity index (χ3n) is 5.41. The summed E-state index contributed by atoms with van der Waals surface area (Å²) in [6.45, 7) is 4.48. The summed E-state index contributed by atoms with van der Waals surface area (Å²) in [6, 6.07) is 17.2. The summed E-state index contributed by atoms with van der Waals surface area (Å²) in [5, 5.41) is 0.604. The fourth-order valence-corrected chi connectivity index (χ4v) is 3.91. The van der Waals surface area contributed by atoms with E-state index in [1.807, 2.05) is 6.07 Å². The molecular formula is C26H27ClF2. The third-order valence-corrected chi connectivity index (χ3v) is 5.66. The topological polar surface area (TPSA) is 0 Å². The van der Waals surface area contributed by atoms with E-state index >= 15 is 0 Å².